The van der Waals surface area contributed by atoms with Crippen LogP contribution in [0.1, 0.15) is 26.7 Å². The molecule has 0 spiro atoms. The van der Waals surface area contributed by atoms with Gasteiger partial charge in [0.2, 0.25) is 0 Å². The van der Waals surface area contributed by atoms with Crippen molar-refractivity contribution in [2.24, 2.45) is 5.92 Å². The third-order valence-corrected chi connectivity index (χ3v) is 1.16. The molecule has 0 aliphatic heterocycles. The lowest BCUT2D eigenvalue weighted by Crippen LogP contribution is -2.09. The Bertz CT molecular complexity index is 154. The second-order valence-corrected chi connectivity index (χ2v) is 2.72. The predicted octanol–water partition coefficient (Wildman–Crippen LogP) is 2.09. The zero-order chi connectivity index (χ0) is 8.85. The maximum atomic E-state index is 9.89. The second kappa shape index (κ2) is 4.71. The van der Waals surface area contributed by atoms with Gasteiger partial charge < -0.3 is 9.84 Å². The zero-order valence-corrected chi connectivity index (χ0v) is 6.76. The van der Waals surface area contributed by atoms with E-state index in [0.717, 1.165) is 6.42 Å². The molecule has 0 rings (SSSR count). The highest BCUT2D eigenvalue weighted by Crippen LogP contribution is 2.04. The minimum atomic E-state index is -1.40. The summed E-state index contributed by atoms with van der Waals surface area (Å²) in [4.78, 5) is 9.89. The van der Waals surface area contributed by atoms with Crippen molar-refractivity contribution in [3.8, 4) is 0 Å². The summed E-state index contributed by atoms with van der Waals surface area (Å²) in [7, 11) is 0. The van der Waals surface area contributed by atoms with Gasteiger partial charge in [-0.2, -0.15) is 0 Å². The summed E-state index contributed by atoms with van der Waals surface area (Å²) in [5.41, 5.74) is 0. The molecule has 0 aromatic heterocycles. The topological polar surface area (TPSA) is 70.4 Å². The van der Waals surface area contributed by atoms with Gasteiger partial charge in [0.15, 0.2) is 5.90 Å². The molecule has 0 saturated carbocycles. The van der Waals surface area contributed by atoms with Crippen LogP contribution >= 0.6 is 0 Å². The Balaban J connectivity index is 3.46. The Morgan fingerprint density at radius 1 is 1.64 bits per heavy atom. The first-order chi connectivity index (χ1) is 5.02. The van der Waals surface area contributed by atoms with Crippen molar-refractivity contribution >= 4 is 12.1 Å². The van der Waals surface area contributed by atoms with Crippen LogP contribution in [0.15, 0.2) is 0 Å². The molecule has 0 aliphatic carbocycles. The summed E-state index contributed by atoms with van der Waals surface area (Å²) in [5, 5.41) is 15.1. The summed E-state index contributed by atoms with van der Waals surface area (Å²) in [5.74, 6) is 0.291. The molecule has 0 unspecified atom stereocenters. The van der Waals surface area contributed by atoms with Crippen LogP contribution in [0.25, 0.3) is 0 Å². The van der Waals surface area contributed by atoms with Crippen LogP contribution in [0.4, 0.5) is 4.79 Å². The van der Waals surface area contributed by atoms with Gasteiger partial charge in [0, 0.05) is 6.42 Å². The van der Waals surface area contributed by atoms with Gasteiger partial charge in [0.25, 0.3) is 0 Å². The van der Waals surface area contributed by atoms with E-state index >= 15 is 0 Å². The molecule has 4 heteroatoms. The number of carbonyl (C=O) groups is 1. The quantitative estimate of drug-likeness (QED) is 0.376. The van der Waals surface area contributed by atoms with Crippen LogP contribution in [0.5, 0.6) is 0 Å². The van der Waals surface area contributed by atoms with E-state index in [2.05, 4.69) is 4.74 Å². The lowest BCUT2D eigenvalue weighted by atomic mass is 10.1. The highest BCUT2D eigenvalue weighted by molar-refractivity contribution is 5.82. The fourth-order valence-electron chi connectivity index (χ4n) is 0.576. The normalized spacial score (nSPS) is 9.73. The minimum absolute atomic E-state index is 0.175. The smallest absolute Gasteiger partial charge is 0.449 e. The molecule has 0 aromatic carbocycles. The number of ether oxygens (including phenoxy) is 1. The first kappa shape index (κ1) is 9.94. The van der Waals surface area contributed by atoms with E-state index in [1.165, 1.54) is 0 Å². The van der Waals surface area contributed by atoms with Crippen LogP contribution in [0.2, 0.25) is 0 Å². The molecule has 0 bridgehead atoms. The number of hydrogen-bond donors (Lipinski definition) is 2. The summed E-state index contributed by atoms with van der Waals surface area (Å²) >= 11 is 0. The van der Waals surface area contributed by atoms with E-state index in [1.807, 2.05) is 13.8 Å². The molecule has 11 heavy (non-hydrogen) atoms. The average molecular weight is 159 g/mol. The first-order valence-electron chi connectivity index (χ1n) is 3.50. The minimum Gasteiger partial charge on any atom is -0.449 e. The van der Waals surface area contributed by atoms with Crippen molar-refractivity contribution in [3.05, 3.63) is 0 Å². The summed E-state index contributed by atoms with van der Waals surface area (Å²) in [6.07, 6.45) is -0.227. The van der Waals surface area contributed by atoms with Gasteiger partial charge in [-0.3, -0.25) is 5.41 Å². The summed E-state index contributed by atoms with van der Waals surface area (Å²) in [6.45, 7) is 4.02. The molecule has 0 fully saturated rings. The summed E-state index contributed by atoms with van der Waals surface area (Å²) < 4.78 is 4.10. The molecular weight excluding hydrogens is 146 g/mol. The van der Waals surface area contributed by atoms with E-state index < -0.39 is 6.16 Å². The molecule has 0 aliphatic rings. The van der Waals surface area contributed by atoms with Gasteiger partial charge in [0.1, 0.15) is 0 Å². The fraction of sp³-hybridized carbons (Fsp3) is 0.714. The monoisotopic (exact) mass is 159 g/mol. The van der Waals surface area contributed by atoms with Crippen molar-refractivity contribution in [3.63, 3.8) is 0 Å². The van der Waals surface area contributed by atoms with Crippen molar-refractivity contribution in [1.82, 2.24) is 0 Å². The molecule has 0 heterocycles. The third kappa shape index (κ3) is 6.83. The van der Waals surface area contributed by atoms with Gasteiger partial charge in [-0.1, -0.05) is 13.8 Å². The molecule has 0 radical (unpaired) electrons. The van der Waals surface area contributed by atoms with Crippen LogP contribution < -0.4 is 0 Å². The van der Waals surface area contributed by atoms with E-state index in [9.17, 15) is 4.79 Å². The SMILES string of the molecule is CC(C)CCC(=N)OC(=O)O. The second-order valence-electron chi connectivity index (χ2n) is 2.72. The average Bonchev–Trinajstić information content (AvgIpc) is 1.82. The maximum Gasteiger partial charge on any atom is 0.512 e. The zero-order valence-electron chi connectivity index (χ0n) is 6.76. The summed E-state index contributed by atoms with van der Waals surface area (Å²) in [6, 6.07) is 0. The van der Waals surface area contributed by atoms with Crippen molar-refractivity contribution in [1.29, 1.82) is 5.41 Å². The molecule has 0 amide bonds. The van der Waals surface area contributed by atoms with Crippen LogP contribution in [0, 0.1) is 11.3 Å². The van der Waals surface area contributed by atoms with Crippen LogP contribution in [-0.2, 0) is 4.74 Å². The van der Waals surface area contributed by atoms with Crippen molar-refractivity contribution < 1.29 is 14.6 Å². The Kier molecular flexibility index (Phi) is 4.26. The molecule has 0 atom stereocenters. The molecule has 2 N–H and O–H groups in total. The first-order valence-corrected chi connectivity index (χ1v) is 3.50. The molecular formula is C7H13NO3. The number of carboxylic acid groups (broad SMARTS) is 1. The molecule has 0 aromatic rings. The van der Waals surface area contributed by atoms with Gasteiger partial charge in [0.05, 0.1) is 0 Å². The number of rotatable bonds is 3. The van der Waals surface area contributed by atoms with E-state index in [4.69, 9.17) is 10.5 Å². The third-order valence-electron chi connectivity index (χ3n) is 1.16. The van der Waals surface area contributed by atoms with Gasteiger partial charge >= 0.3 is 6.16 Å². The maximum absolute atomic E-state index is 9.89. The number of nitrogens with one attached hydrogen (secondary N) is 1. The lowest BCUT2D eigenvalue weighted by molar-refractivity contribution is 0.138. The molecule has 0 saturated heterocycles. The molecule has 64 valence electrons. The van der Waals surface area contributed by atoms with Crippen LogP contribution in [-0.4, -0.2) is 17.2 Å². The van der Waals surface area contributed by atoms with Crippen molar-refractivity contribution in [2.75, 3.05) is 0 Å². The number of hydrogen-bond acceptors (Lipinski definition) is 3. The van der Waals surface area contributed by atoms with E-state index in [-0.39, 0.29) is 5.90 Å². The van der Waals surface area contributed by atoms with Crippen LogP contribution in [0.3, 0.4) is 0 Å². The Morgan fingerprint density at radius 3 is 2.55 bits per heavy atom. The molecule has 4 nitrogen and oxygen atoms in total. The largest absolute Gasteiger partial charge is 0.512 e. The fourth-order valence-corrected chi connectivity index (χ4v) is 0.576. The van der Waals surface area contributed by atoms with E-state index in [1.54, 1.807) is 0 Å². The van der Waals surface area contributed by atoms with E-state index in [0.29, 0.717) is 12.3 Å². The van der Waals surface area contributed by atoms with Gasteiger partial charge in [-0.15, -0.1) is 0 Å². The van der Waals surface area contributed by atoms with Gasteiger partial charge in [-0.05, 0) is 12.3 Å². The Morgan fingerprint density at radius 2 is 2.18 bits per heavy atom. The predicted molar refractivity (Wildman–Crippen MR) is 40.9 cm³/mol. The standard InChI is InChI=1S/C7H13NO3/c1-5(2)3-4-6(8)11-7(9)10/h5,8H,3-4H2,1-2H3,(H,9,10). The van der Waals surface area contributed by atoms with Gasteiger partial charge in [-0.25, -0.2) is 4.79 Å². The Labute approximate surface area is 65.7 Å². The van der Waals surface area contributed by atoms with Crippen molar-refractivity contribution in [2.45, 2.75) is 26.7 Å². The highest BCUT2D eigenvalue weighted by Gasteiger charge is 2.04. The Hall–Kier alpha value is -1.06. The lowest BCUT2D eigenvalue weighted by Gasteiger charge is -2.03. The highest BCUT2D eigenvalue weighted by atomic mass is 16.7.